The third-order valence-corrected chi connectivity index (χ3v) is 8.29. The summed E-state index contributed by atoms with van der Waals surface area (Å²) in [6.07, 6.45) is 9.84. The van der Waals surface area contributed by atoms with E-state index in [1.165, 1.54) is 32.1 Å². The summed E-state index contributed by atoms with van der Waals surface area (Å²) in [7, 11) is 0. The molecule has 2 bridgehead atoms. The standard InChI is InChI=1S/C23H36O5/c1-22(2)13-23(22,3)21(25)28-19-11-16-9-17(19)18(10-16)20(24)27-14-26-12-15-7-5-4-6-8-15/h15-19H,4-14H2,1-3H3. The summed E-state index contributed by atoms with van der Waals surface area (Å²) in [4.78, 5) is 25.2. The van der Waals surface area contributed by atoms with Crippen molar-refractivity contribution in [2.75, 3.05) is 13.4 Å². The molecule has 0 saturated heterocycles. The highest BCUT2D eigenvalue weighted by Crippen LogP contribution is 2.64. The Labute approximate surface area is 168 Å². The van der Waals surface area contributed by atoms with E-state index in [9.17, 15) is 9.59 Å². The topological polar surface area (TPSA) is 61.8 Å². The predicted molar refractivity (Wildman–Crippen MR) is 104 cm³/mol. The van der Waals surface area contributed by atoms with E-state index in [4.69, 9.17) is 14.2 Å². The molecule has 4 aliphatic carbocycles. The van der Waals surface area contributed by atoms with Crippen LogP contribution in [0.4, 0.5) is 0 Å². The van der Waals surface area contributed by atoms with Crippen molar-refractivity contribution < 1.29 is 23.8 Å². The number of fused-ring (bicyclic) bond motifs is 2. The van der Waals surface area contributed by atoms with Gasteiger partial charge in [0, 0.05) is 5.92 Å². The number of carbonyl (C=O) groups excluding carboxylic acids is 2. The molecule has 28 heavy (non-hydrogen) atoms. The van der Waals surface area contributed by atoms with Crippen molar-refractivity contribution in [2.24, 2.45) is 34.5 Å². The zero-order valence-corrected chi connectivity index (χ0v) is 17.7. The highest BCUT2D eigenvalue weighted by Gasteiger charge is 2.64. The maximum atomic E-state index is 12.7. The molecule has 0 amide bonds. The van der Waals surface area contributed by atoms with Crippen molar-refractivity contribution in [1.29, 1.82) is 0 Å². The summed E-state index contributed by atoms with van der Waals surface area (Å²) < 4.78 is 17.0. The molecule has 158 valence electrons. The minimum Gasteiger partial charge on any atom is -0.462 e. The first-order chi connectivity index (χ1) is 13.3. The SMILES string of the molecule is CC1(C)CC1(C)C(=O)OC1CC2CC(C(=O)OCOCC3CCCCC3)C1C2. The molecule has 0 aromatic heterocycles. The van der Waals surface area contributed by atoms with Gasteiger partial charge < -0.3 is 14.2 Å². The summed E-state index contributed by atoms with van der Waals surface area (Å²) in [5.41, 5.74) is -0.340. The Bertz CT molecular complexity index is 608. The van der Waals surface area contributed by atoms with Crippen molar-refractivity contribution in [3.05, 3.63) is 0 Å². The van der Waals surface area contributed by atoms with Crippen LogP contribution in [0.5, 0.6) is 0 Å². The van der Waals surface area contributed by atoms with Crippen LogP contribution in [-0.4, -0.2) is 31.4 Å². The molecule has 5 nitrogen and oxygen atoms in total. The van der Waals surface area contributed by atoms with E-state index in [0.717, 1.165) is 25.7 Å². The van der Waals surface area contributed by atoms with Crippen LogP contribution in [0.3, 0.4) is 0 Å². The van der Waals surface area contributed by atoms with Crippen LogP contribution in [0.25, 0.3) is 0 Å². The van der Waals surface area contributed by atoms with Gasteiger partial charge in [0.05, 0.1) is 17.9 Å². The molecule has 0 radical (unpaired) electrons. The van der Waals surface area contributed by atoms with Crippen molar-refractivity contribution in [2.45, 2.75) is 84.7 Å². The Morgan fingerprint density at radius 1 is 1.00 bits per heavy atom. The van der Waals surface area contributed by atoms with Gasteiger partial charge in [0.15, 0.2) is 6.79 Å². The Morgan fingerprint density at radius 2 is 1.71 bits per heavy atom. The highest BCUT2D eigenvalue weighted by atomic mass is 16.7. The van der Waals surface area contributed by atoms with Crippen LogP contribution in [0.2, 0.25) is 0 Å². The average molecular weight is 393 g/mol. The number of hydrogen-bond donors (Lipinski definition) is 0. The molecule has 0 aliphatic heterocycles. The molecule has 5 heteroatoms. The second-order valence-electron chi connectivity index (χ2n) is 10.6. The molecule has 0 heterocycles. The second kappa shape index (κ2) is 7.62. The Kier molecular flexibility index (Phi) is 5.49. The molecule has 4 rings (SSSR count). The Balaban J connectivity index is 1.22. The maximum Gasteiger partial charge on any atom is 0.312 e. The predicted octanol–water partition coefficient (Wildman–Crippen LogP) is 4.48. The van der Waals surface area contributed by atoms with Crippen LogP contribution >= 0.6 is 0 Å². The molecule has 0 aromatic carbocycles. The van der Waals surface area contributed by atoms with E-state index in [1.807, 2.05) is 6.92 Å². The van der Waals surface area contributed by atoms with E-state index < -0.39 is 0 Å². The smallest absolute Gasteiger partial charge is 0.312 e. The number of carbonyl (C=O) groups is 2. The lowest BCUT2D eigenvalue weighted by molar-refractivity contribution is -0.171. The van der Waals surface area contributed by atoms with E-state index >= 15 is 0 Å². The van der Waals surface area contributed by atoms with E-state index in [0.29, 0.717) is 18.4 Å². The molecule has 5 atom stereocenters. The van der Waals surface area contributed by atoms with E-state index in [2.05, 4.69) is 13.8 Å². The minimum atomic E-state index is -0.363. The van der Waals surface area contributed by atoms with Crippen LogP contribution in [0.1, 0.15) is 78.6 Å². The van der Waals surface area contributed by atoms with Gasteiger partial charge in [-0.1, -0.05) is 33.1 Å². The molecule has 5 unspecified atom stereocenters. The van der Waals surface area contributed by atoms with Crippen molar-refractivity contribution in [3.63, 3.8) is 0 Å². The molecule has 0 spiro atoms. The van der Waals surface area contributed by atoms with Gasteiger partial charge in [0.25, 0.3) is 0 Å². The van der Waals surface area contributed by atoms with Crippen LogP contribution < -0.4 is 0 Å². The largest absolute Gasteiger partial charge is 0.462 e. The summed E-state index contributed by atoms with van der Waals surface area (Å²) in [6, 6.07) is 0. The van der Waals surface area contributed by atoms with Crippen molar-refractivity contribution >= 4 is 11.9 Å². The van der Waals surface area contributed by atoms with E-state index in [-0.39, 0.29) is 47.5 Å². The molecular weight excluding hydrogens is 356 g/mol. The third kappa shape index (κ3) is 3.83. The Morgan fingerprint density at radius 3 is 2.36 bits per heavy atom. The van der Waals surface area contributed by atoms with Gasteiger partial charge in [0.1, 0.15) is 6.10 Å². The number of ether oxygens (including phenoxy) is 3. The lowest BCUT2D eigenvalue weighted by Crippen LogP contribution is -2.36. The molecular formula is C23H36O5. The summed E-state index contributed by atoms with van der Waals surface area (Å²) in [5.74, 6) is 0.809. The van der Waals surface area contributed by atoms with Crippen molar-refractivity contribution in [1.82, 2.24) is 0 Å². The zero-order chi connectivity index (χ0) is 19.9. The van der Waals surface area contributed by atoms with Gasteiger partial charge in [-0.2, -0.15) is 0 Å². The first-order valence-electron chi connectivity index (χ1n) is 11.3. The normalized spacial score (nSPS) is 39.0. The quantitative estimate of drug-likeness (QED) is 0.363. The fourth-order valence-corrected chi connectivity index (χ4v) is 5.92. The van der Waals surface area contributed by atoms with Crippen molar-refractivity contribution in [3.8, 4) is 0 Å². The fourth-order valence-electron chi connectivity index (χ4n) is 5.92. The van der Waals surface area contributed by atoms with Crippen LogP contribution in [-0.2, 0) is 23.8 Å². The first-order valence-corrected chi connectivity index (χ1v) is 11.3. The summed E-state index contributed by atoms with van der Waals surface area (Å²) in [5, 5.41) is 0. The average Bonchev–Trinajstić information content (AvgIpc) is 3.00. The van der Waals surface area contributed by atoms with Gasteiger partial charge in [-0.3, -0.25) is 9.59 Å². The Hall–Kier alpha value is -1.10. The monoisotopic (exact) mass is 392 g/mol. The fraction of sp³-hybridized carbons (Fsp3) is 0.913. The second-order valence-corrected chi connectivity index (χ2v) is 10.6. The molecule has 0 N–H and O–H groups in total. The van der Waals surface area contributed by atoms with Gasteiger partial charge in [0.2, 0.25) is 0 Å². The summed E-state index contributed by atoms with van der Waals surface area (Å²) in [6.45, 7) is 6.97. The number of hydrogen-bond acceptors (Lipinski definition) is 5. The number of esters is 2. The lowest BCUT2D eigenvalue weighted by Gasteiger charge is -2.29. The molecule has 4 aliphatic rings. The van der Waals surface area contributed by atoms with Gasteiger partial charge in [-0.25, -0.2) is 0 Å². The van der Waals surface area contributed by atoms with Crippen LogP contribution in [0, 0.1) is 34.5 Å². The maximum absolute atomic E-state index is 12.7. The summed E-state index contributed by atoms with van der Waals surface area (Å²) >= 11 is 0. The molecule has 4 fully saturated rings. The van der Waals surface area contributed by atoms with Gasteiger partial charge in [-0.05, 0) is 62.7 Å². The van der Waals surface area contributed by atoms with Crippen LogP contribution in [0.15, 0.2) is 0 Å². The first kappa shape index (κ1) is 20.2. The van der Waals surface area contributed by atoms with Gasteiger partial charge in [-0.15, -0.1) is 0 Å². The number of rotatable bonds is 7. The lowest BCUT2D eigenvalue weighted by atomic mass is 9.86. The third-order valence-electron chi connectivity index (χ3n) is 8.29. The van der Waals surface area contributed by atoms with Gasteiger partial charge >= 0.3 is 11.9 Å². The highest BCUT2D eigenvalue weighted by molar-refractivity contribution is 5.81. The minimum absolute atomic E-state index is 0.0235. The molecule has 0 aromatic rings. The zero-order valence-electron chi connectivity index (χ0n) is 17.7. The van der Waals surface area contributed by atoms with E-state index in [1.54, 1.807) is 0 Å². The molecule has 4 saturated carbocycles.